The van der Waals surface area contributed by atoms with Crippen molar-refractivity contribution < 1.29 is 10.2 Å². The molecule has 0 heterocycles. The number of hydrogen-bond acceptors (Lipinski definition) is 2. The van der Waals surface area contributed by atoms with E-state index in [-0.39, 0.29) is 11.2 Å². The molecule has 1 aromatic rings. The molecule has 0 fully saturated rings. The standard InChI is InChI=1S/C16H20O2/c1-10-5-6-14(17)12(7-10)13-8-11(2)9-16(3,4)15(13)18/h5-9,15,17-18H,1-4H3. The Balaban J connectivity index is 2.57. The normalized spacial score (nSPS) is 22.4. The Morgan fingerprint density at radius 2 is 1.83 bits per heavy atom. The summed E-state index contributed by atoms with van der Waals surface area (Å²) in [7, 11) is 0. The summed E-state index contributed by atoms with van der Waals surface area (Å²) in [6.07, 6.45) is 3.41. The molecule has 1 unspecified atom stereocenters. The average molecular weight is 244 g/mol. The second-order valence-corrected chi connectivity index (χ2v) is 5.73. The number of benzene rings is 1. The van der Waals surface area contributed by atoms with Gasteiger partial charge < -0.3 is 10.2 Å². The lowest BCUT2D eigenvalue weighted by Gasteiger charge is -2.33. The largest absolute Gasteiger partial charge is 0.507 e. The maximum atomic E-state index is 10.5. The molecule has 1 aliphatic carbocycles. The van der Waals surface area contributed by atoms with Crippen LogP contribution in [-0.4, -0.2) is 16.3 Å². The van der Waals surface area contributed by atoms with Crippen molar-refractivity contribution in [1.29, 1.82) is 0 Å². The first-order valence-corrected chi connectivity index (χ1v) is 6.20. The number of aliphatic hydroxyl groups excluding tert-OH is 1. The summed E-state index contributed by atoms with van der Waals surface area (Å²) in [6, 6.07) is 5.46. The molecule has 0 spiro atoms. The molecular weight excluding hydrogens is 224 g/mol. The third-order valence-corrected chi connectivity index (χ3v) is 3.45. The molecule has 0 saturated carbocycles. The van der Waals surface area contributed by atoms with E-state index in [4.69, 9.17) is 0 Å². The number of hydrogen-bond donors (Lipinski definition) is 2. The molecule has 0 bridgehead atoms. The summed E-state index contributed by atoms with van der Waals surface area (Å²) in [4.78, 5) is 0. The molecule has 0 radical (unpaired) electrons. The van der Waals surface area contributed by atoms with Gasteiger partial charge in [0.1, 0.15) is 5.75 Å². The highest BCUT2D eigenvalue weighted by Crippen LogP contribution is 2.40. The summed E-state index contributed by atoms with van der Waals surface area (Å²) in [5, 5.41) is 20.4. The van der Waals surface area contributed by atoms with Gasteiger partial charge in [-0.1, -0.05) is 43.2 Å². The topological polar surface area (TPSA) is 40.5 Å². The quantitative estimate of drug-likeness (QED) is 0.794. The van der Waals surface area contributed by atoms with Crippen LogP contribution in [0.1, 0.15) is 31.9 Å². The predicted octanol–water partition coefficient (Wildman–Crippen LogP) is 3.43. The maximum absolute atomic E-state index is 10.5. The molecule has 2 heteroatoms. The Hall–Kier alpha value is -1.54. The van der Waals surface area contributed by atoms with Gasteiger partial charge >= 0.3 is 0 Å². The van der Waals surface area contributed by atoms with Crippen molar-refractivity contribution in [1.82, 2.24) is 0 Å². The molecule has 2 nitrogen and oxygen atoms in total. The van der Waals surface area contributed by atoms with E-state index < -0.39 is 6.10 Å². The molecule has 96 valence electrons. The number of phenols is 1. The van der Waals surface area contributed by atoms with Gasteiger partial charge in [0, 0.05) is 11.0 Å². The summed E-state index contributed by atoms with van der Waals surface area (Å²) >= 11 is 0. The first-order chi connectivity index (χ1) is 8.31. The van der Waals surface area contributed by atoms with Crippen molar-refractivity contribution in [2.24, 2.45) is 5.41 Å². The Kier molecular flexibility index (Phi) is 3.07. The van der Waals surface area contributed by atoms with Crippen LogP contribution in [0.4, 0.5) is 0 Å². The zero-order chi connectivity index (χ0) is 13.5. The Bertz CT molecular complexity index is 536. The number of aromatic hydroxyl groups is 1. The highest BCUT2D eigenvalue weighted by atomic mass is 16.3. The Labute approximate surface area is 108 Å². The van der Waals surface area contributed by atoms with Crippen LogP contribution in [-0.2, 0) is 0 Å². The fourth-order valence-electron chi connectivity index (χ4n) is 2.54. The lowest BCUT2D eigenvalue weighted by molar-refractivity contribution is 0.132. The minimum Gasteiger partial charge on any atom is -0.507 e. The lowest BCUT2D eigenvalue weighted by Crippen LogP contribution is -2.31. The number of phenolic OH excluding ortho intramolecular Hbond substituents is 1. The van der Waals surface area contributed by atoms with Crippen LogP contribution in [0.25, 0.3) is 5.57 Å². The van der Waals surface area contributed by atoms with Gasteiger partial charge in [0.2, 0.25) is 0 Å². The van der Waals surface area contributed by atoms with Gasteiger partial charge in [0.15, 0.2) is 0 Å². The number of aryl methyl sites for hydroxylation is 1. The second kappa shape index (κ2) is 4.29. The van der Waals surface area contributed by atoms with E-state index in [1.807, 2.05) is 45.9 Å². The van der Waals surface area contributed by atoms with Crippen LogP contribution in [0.5, 0.6) is 5.75 Å². The SMILES string of the molecule is CC1=CC(C)(C)C(O)C(c2cc(C)ccc2O)=C1. The molecule has 2 rings (SSSR count). The van der Waals surface area contributed by atoms with Crippen molar-refractivity contribution in [2.45, 2.75) is 33.8 Å². The number of rotatable bonds is 1. The van der Waals surface area contributed by atoms with E-state index in [0.717, 1.165) is 22.3 Å². The van der Waals surface area contributed by atoms with Crippen molar-refractivity contribution in [3.8, 4) is 5.75 Å². The molecule has 0 aliphatic heterocycles. The molecular formula is C16H20O2. The van der Waals surface area contributed by atoms with Gasteiger partial charge in [-0.2, -0.15) is 0 Å². The first-order valence-electron chi connectivity index (χ1n) is 6.20. The smallest absolute Gasteiger partial charge is 0.123 e. The highest BCUT2D eigenvalue weighted by Gasteiger charge is 2.33. The van der Waals surface area contributed by atoms with Crippen LogP contribution >= 0.6 is 0 Å². The molecule has 1 aromatic carbocycles. The maximum Gasteiger partial charge on any atom is 0.123 e. The predicted molar refractivity (Wildman–Crippen MR) is 74.4 cm³/mol. The van der Waals surface area contributed by atoms with E-state index >= 15 is 0 Å². The average Bonchev–Trinajstić information content (AvgIpc) is 2.26. The van der Waals surface area contributed by atoms with Crippen LogP contribution in [0, 0.1) is 12.3 Å². The van der Waals surface area contributed by atoms with Gasteiger partial charge in [0.05, 0.1) is 6.10 Å². The van der Waals surface area contributed by atoms with Crippen LogP contribution in [0.3, 0.4) is 0 Å². The van der Waals surface area contributed by atoms with Crippen molar-refractivity contribution in [3.05, 3.63) is 47.1 Å². The molecule has 0 aromatic heterocycles. The van der Waals surface area contributed by atoms with Gasteiger partial charge in [-0.15, -0.1) is 0 Å². The molecule has 0 amide bonds. The monoisotopic (exact) mass is 244 g/mol. The Morgan fingerprint density at radius 1 is 1.17 bits per heavy atom. The fourth-order valence-corrected chi connectivity index (χ4v) is 2.54. The van der Waals surface area contributed by atoms with Crippen LogP contribution < -0.4 is 0 Å². The fraction of sp³-hybridized carbons (Fsp3) is 0.375. The molecule has 2 N–H and O–H groups in total. The van der Waals surface area contributed by atoms with Crippen molar-refractivity contribution in [2.75, 3.05) is 0 Å². The Morgan fingerprint density at radius 3 is 2.50 bits per heavy atom. The van der Waals surface area contributed by atoms with Crippen LogP contribution in [0.2, 0.25) is 0 Å². The van der Waals surface area contributed by atoms with E-state index in [1.165, 1.54) is 0 Å². The summed E-state index contributed by atoms with van der Waals surface area (Å²) in [6.45, 7) is 8.00. The third kappa shape index (κ3) is 2.21. The molecule has 0 saturated heterocycles. The highest BCUT2D eigenvalue weighted by molar-refractivity contribution is 5.77. The minimum atomic E-state index is -0.603. The molecule has 1 atom stereocenters. The summed E-state index contributed by atoms with van der Waals surface area (Å²) in [5.41, 5.74) is 3.39. The van der Waals surface area contributed by atoms with E-state index in [1.54, 1.807) is 6.07 Å². The summed E-state index contributed by atoms with van der Waals surface area (Å²) < 4.78 is 0. The van der Waals surface area contributed by atoms with Crippen LogP contribution in [0.15, 0.2) is 35.9 Å². The molecule has 18 heavy (non-hydrogen) atoms. The summed E-state index contributed by atoms with van der Waals surface area (Å²) in [5.74, 6) is 0.219. The lowest BCUT2D eigenvalue weighted by atomic mass is 9.75. The van der Waals surface area contributed by atoms with E-state index in [0.29, 0.717) is 0 Å². The zero-order valence-corrected chi connectivity index (χ0v) is 11.4. The van der Waals surface area contributed by atoms with Gasteiger partial charge in [0.25, 0.3) is 0 Å². The van der Waals surface area contributed by atoms with E-state index in [9.17, 15) is 10.2 Å². The van der Waals surface area contributed by atoms with Crippen molar-refractivity contribution >= 4 is 5.57 Å². The van der Waals surface area contributed by atoms with Gasteiger partial charge in [-0.3, -0.25) is 0 Å². The van der Waals surface area contributed by atoms with Gasteiger partial charge in [-0.05, 0) is 31.6 Å². The number of allylic oxidation sites excluding steroid dienone is 2. The molecule has 1 aliphatic rings. The van der Waals surface area contributed by atoms with Gasteiger partial charge in [-0.25, -0.2) is 0 Å². The first kappa shape index (κ1) is 12.9. The zero-order valence-electron chi connectivity index (χ0n) is 11.4. The van der Waals surface area contributed by atoms with Crippen molar-refractivity contribution in [3.63, 3.8) is 0 Å². The minimum absolute atomic E-state index is 0.219. The second-order valence-electron chi connectivity index (χ2n) is 5.73. The van der Waals surface area contributed by atoms with E-state index in [2.05, 4.69) is 6.08 Å². The third-order valence-electron chi connectivity index (χ3n) is 3.45. The number of aliphatic hydroxyl groups is 1.